The second kappa shape index (κ2) is 10.6. The number of thioether (sulfide) groups is 1. The number of aromatic nitrogens is 3. The summed E-state index contributed by atoms with van der Waals surface area (Å²) in [5.41, 5.74) is 1.36. The van der Waals surface area contributed by atoms with E-state index in [1.54, 1.807) is 19.1 Å². The Morgan fingerprint density at radius 1 is 1.31 bits per heavy atom. The fourth-order valence-corrected chi connectivity index (χ4v) is 3.71. The number of nitro benzene ring substituents is 1. The van der Waals surface area contributed by atoms with Crippen molar-refractivity contribution in [1.82, 2.24) is 14.8 Å². The third-order valence-electron chi connectivity index (χ3n) is 4.44. The van der Waals surface area contributed by atoms with Gasteiger partial charge in [-0.25, -0.2) is 0 Å². The van der Waals surface area contributed by atoms with Crippen molar-refractivity contribution in [3.8, 4) is 5.75 Å². The van der Waals surface area contributed by atoms with Gasteiger partial charge in [-0.15, -0.1) is 16.8 Å². The Bertz CT molecular complexity index is 1130. The van der Waals surface area contributed by atoms with Crippen LogP contribution in [0.5, 0.6) is 5.75 Å². The number of carbonyl (C=O) groups excluding carboxylic acids is 1. The summed E-state index contributed by atoms with van der Waals surface area (Å²) >= 11 is 1.23. The van der Waals surface area contributed by atoms with Crippen molar-refractivity contribution in [2.45, 2.75) is 37.4 Å². The van der Waals surface area contributed by atoms with Crippen LogP contribution >= 0.6 is 11.8 Å². The number of anilines is 1. The third kappa shape index (κ3) is 5.94. The Morgan fingerprint density at radius 2 is 2.09 bits per heavy atom. The number of ether oxygens (including phenoxy) is 1. The summed E-state index contributed by atoms with van der Waals surface area (Å²) in [7, 11) is 0. The van der Waals surface area contributed by atoms with Crippen LogP contribution in [-0.2, 0) is 17.9 Å². The van der Waals surface area contributed by atoms with E-state index in [-0.39, 0.29) is 18.2 Å². The van der Waals surface area contributed by atoms with Gasteiger partial charge in [0.15, 0.2) is 11.0 Å². The summed E-state index contributed by atoms with van der Waals surface area (Å²) < 4.78 is 7.67. The van der Waals surface area contributed by atoms with E-state index in [0.29, 0.717) is 23.2 Å². The molecule has 32 heavy (non-hydrogen) atoms. The molecule has 2 aromatic carbocycles. The van der Waals surface area contributed by atoms with Crippen molar-refractivity contribution in [2.75, 3.05) is 5.32 Å². The lowest BCUT2D eigenvalue weighted by Crippen LogP contribution is -2.23. The minimum absolute atomic E-state index is 0.0907. The van der Waals surface area contributed by atoms with Gasteiger partial charge in [0.2, 0.25) is 5.91 Å². The predicted molar refractivity (Wildman–Crippen MR) is 123 cm³/mol. The smallest absolute Gasteiger partial charge is 0.271 e. The molecule has 0 aliphatic carbocycles. The molecule has 1 heterocycles. The molecule has 10 heteroatoms. The lowest BCUT2D eigenvalue weighted by Gasteiger charge is -2.13. The van der Waals surface area contributed by atoms with E-state index in [2.05, 4.69) is 22.1 Å². The SMILES string of the molecule is C=CCn1c(COc2cccc(C)c2)nnc1SC(C)C(=O)Nc1cccc([N+](=O)[O-])c1. The van der Waals surface area contributed by atoms with E-state index in [1.807, 2.05) is 35.8 Å². The first-order valence-corrected chi connectivity index (χ1v) is 10.7. The van der Waals surface area contributed by atoms with E-state index in [1.165, 1.54) is 30.0 Å². The summed E-state index contributed by atoms with van der Waals surface area (Å²) in [6.45, 7) is 8.18. The molecule has 166 valence electrons. The first-order chi connectivity index (χ1) is 15.4. The second-order valence-electron chi connectivity index (χ2n) is 6.96. The molecule has 0 radical (unpaired) electrons. The van der Waals surface area contributed by atoms with E-state index >= 15 is 0 Å². The Kier molecular flexibility index (Phi) is 7.61. The fourth-order valence-electron chi connectivity index (χ4n) is 2.83. The Hall–Kier alpha value is -3.66. The number of benzene rings is 2. The maximum Gasteiger partial charge on any atom is 0.271 e. The molecule has 9 nitrogen and oxygen atoms in total. The normalized spacial score (nSPS) is 11.6. The van der Waals surface area contributed by atoms with Crippen LogP contribution in [-0.4, -0.2) is 30.8 Å². The summed E-state index contributed by atoms with van der Waals surface area (Å²) in [5, 5.41) is 22.1. The fraction of sp³-hybridized carbons (Fsp3) is 0.227. The van der Waals surface area contributed by atoms with Gasteiger partial charge in [-0.2, -0.15) is 0 Å². The summed E-state index contributed by atoms with van der Waals surface area (Å²) in [5.74, 6) is 1.04. The molecule has 3 rings (SSSR count). The number of allylic oxidation sites excluding steroid dienone is 1. The maximum absolute atomic E-state index is 12.6. The molecule has 1 amide bonds. The van der Waals surface area contributed by atoms with Crippen LogP contribution < -0.4 is 10.1 Å². The maximum atomic E-state index is 12.6. The van der Waals surface area contributed by atoms with Gasteiger partial charge < -0.3 is 10.1 Å². The summed E-state index contributed by atoms with van der Waals surface area (Å²) in [6, 6.07) is 13.5. The van der Waals surface area contributed by atoms with Gasteiger partial charge in [0.1, 0.15) is 12.4 Å². The number of nitrogens with zero attached hydrogens (tertiary/aromatic N) is 4. The average Bonchev–Trinajstić information content (AvgIpc) is 3.14. The van der Waals surface area contributed by atoms with E-state index in [0.717, 1.165) is 11.3 Å². The van der Waals surface area contributed by atoms with Gasteiger partial charge in [0.05, 0.1) is 10.2 Å². The van der Waals surface area contributed by atoms with Gasteiger partial charge in [-0.3, -0.25) is 19.5 Å². The molecule has 1 aromatic heterocycles. The molecular formula is C22H23N5O4S. The third-order valence-corrected chi connectivity index (χ3v) is 5.52. The van der Waals surface area contributed by atoms with Crippen LogP contribution in [0.3, 0.4) is 0 Å². The van der Waals surface area contributed by atoms with Crippen LogP contribution in [0.25, 0.3) is 0 Å². The number of non-ortho nitro benzene ring substituents is 1. The molecule has 1 atom stereocenters. The number of aryl methyl sites for hydroxylation is 1. The molecule has 3 aromatic rings. The van der Waals surface area contributed by atoms with Gasteiger partial charge in [-0.05, 0) is 37.6 Å². The summed E-state index contributed by atoms with van der Waals surface area (Å²) in [4.78, 5) is 23.0. The van der Waals surface area contributed by atoms with Crippen molar-refractivity contribution < 1.29 is 14.5 Å². The first kappa shape index (κ1) is 23.0. The molecule has 0 aliphatic rings. The minimum atomic E-state index is -0.521. The predicted octanol–water partition coefficient (Wildman–Crippen LogP) is 4.38. The topological polar surface area (TPSA) is 112 Å². The highest BCUT2D eigenvalue weighted by Gasteiger charge is 2.21. The van der Waals surface area contributed by atoms with Crippen LogP contribution in [0.1, 0.15) is 18.3 Å². The summed E-state index contributed by atoms with van der Waals surface area (Å²) in [6.07, 6.45) is 1.72. The van der Waals surface area contributed by atoms with Crippen LogP contribution in [0, 0.1) is 17.0 Å². The number of hydrogen-bond donors (Lipinski definition) is 1. The number of rotatable bonds is 10. The van der Waals surface area contributed by atoms with Gasteiger partial charge in [0, 0.05) is 24.4 Å². The van der Waals surface area contributed by atoms with Crippen molar-refractivity contribution in [3.05, 3.63) is 82.7 Å². The van der Waals surface area contributed by atoms with Crippen molar-refractivity contribution in [2.24, 2.45) is 0 Å². The molecule has 1 unspecified atom stereocenters. The molecule has 0 aliphatic heterocycles. The van der Waals surface area contributed by atoms with Gasteiger partial charge >= 0.3 is 0 Å². The van der Waals surface area contributed by atoms with E-state index in [9.17, 15) is 14.9 Å². The Balaban J connectivity index is 1.67. The van der Waals surface area contributed by atoms with E-state index < -0.39 is 10.2 Å². The molecule has 0 fully saturated rings. The van der Waals surface area contributed by atoms with Crippen LogP contribution in [0.15, 0.2) is 66.3 Å². The highest BCUT2D eigenvalue weighted by molar-refractivity contribution is 8.00. The second-order valence-corrected chi connectivity index (χ2v) is 8.27. The van der Waals surface area contributed by atoms with Crippen LogP contribution in [0.4, 0.5) is 11.4 Å². The van der Waals surface area contributed by atoms with Gasteiger partial charge in [-0.1, -0.05) is 36.0 Å². The highest BCUT2D eigenvalue weighted by Crippen LogP contribution is 2.25. The number of hydrogen-bond acceptors (Lipinski definition) is 7. The first-order valence-electron chi connectivity index (χ1n) is 9.81. The zero-order chi connectivity index (χ0) is 23.1. The zero-order valence-corrected chi connectivity index (χ0v) is 18.5. The number of amides is 1. The zero-order valence-electron chi connectivity index (χ0n) is 17.7. The number of nitro groups is 1. The molecule has 0 saturated carbocycles. The minimum Gasteiger partial charge on any atom is -0.486 e. The van der Waals surface area contributed by atoms with Crippen LogP contribution in [0.2, 0.25) is 0 Å². The molecule has 0 saturated heterocycles. The standard InChI is InChI=1S/C22H23N5O4S/c1-4-11-26-20(14-31-19-10-5-7-15(2)12-19)24-25-22(26)32-16(3)21(28)23-17-8-6-9-18(13-17)27(29)30/h4-10,12-13,16H,1,11,14H2,2-3H3,(H,23,28). The van der Waals surface area contributed by atoms with Crippen molar-refractivity contribution in [1.29, 1.82) is 0 Å². The number of nitrogens with one attached hydrogen (secondary N) is 1. The molecule has 0 bridgehead atoms. The average molecular weight is 454 g/mol. The lowest BCUT2D eigenvalue weighted by molar-refractivity contribution is -0.384. The quantitative estimate of drug-likeness (QED) is 0.210. The highest BCUT2D eigenvalue weighted by atomic mass is 32.2. The Labute approximate surface area is 189 Å². The monoisotopic (exact) mass is 453 g/mol. The molecular weight excluding hydrogens is 430 g/mol. The Morgan fingerprint density at radius 3 is 2.81 bits per heavy atom. The lowest BCUT2D eigenvalue weighted by atomic mass is 10.2. The molecule has 0 spiro atoms. The molecule has 1 N–H and O–H groups in total. The largest absolute Gasteiger partial charge is 0.486 e. The van der Waals surface area contributed by atoms with E-state index in [4.69, 9.17) is 4.74 Å². The van der Waals surface area contributed by atoms with Crippen molar-refractivity contribution >= 4 is 29.0 Å². The number of carbonyl (C=O) groups is 1. The van der Waals surface area contributed by atoms with Crippen molar-refractivity contribution in [3.63, 3.8) is 0 Å². The van der Waals surface area contributed by atoms with Gasteiger partial charge in [0.25, 0.3) is 5.69 Å².